The molecule has 116 valence electrons. The van der Waals surface area contributed by atoms with E-state index in [0.717, 1.165) is 22.1 Å². The Labute approximate surface area is 141 Å². The fourth-order valence-electron chi connectivity index (χ4n) is 3.77. The molecule has 1 aromatic carbocycles. The van der Waals surface area contributed by atoms with E-state index >= 15 is 0 Å². The number of piperidine rings is 1. The molecule has 2 heterocycles. The molecular formula is C17H24BrClN2. The highest BCUT2D eigenvalue weighted by atomic mass is 79.9. The largest absolute Gasteiger partial charge is 0.365 e. The van der Waals surface area contributed by atoms with Crippen LogP contribution in [0.2, 0.25) is 5.02 Å². The van der Waals surface area contributed by atoms with E-state index < -0.39 is 0 Å². The van der Waals surface area contributed by atoms with Crippen molar-refractivity contribution in [2.45, 2.75) is 45.2 Å². The molecule has 2 aliphatic heterocycles. The van der Waals surface area contributed by atoms with E-state index in [0.29, 0.717) is 12.0 Å². The number of anilines is 1. The molecule has 2 saturated heterocycles. The third-order valence-electron chi connectivity index (χ3n) is 4.97. The summed E-state index contributed by atoms with van der Waals surface area (Å²) in [6.07, 6.45) is 4.08. The summed E-state index contributed by atoms with van der Waals surface area (Å²) >= 11 is 9.82. The van der Waals surface area contributed by atoms with Crippen molar-refractivity contribution in [2.24, 2.45) is 5.92 Å². The molecular weight excluding hydrogens is 348 g/mol. The molecule has 0 N–H and O–H groups in total. The number of benzene rings is 1. The molecule has 0 aliphatic carbocycles. The summed E-state index contributed by atoms with van der Waals surface area (Å²) in [6, 6.07) is 7.49. The van der Waals surface area contributed by atoms with Crippen molar-refractivity contribution in [3.63, 3.8) is 0 Å². The fraction of sp³-hybridized carbons (Fsp3) is 0.647. The monoisotopic (exact) mass is 370 g/mol. The average Bonchev–Trinajstić information content (AvgIpc) is 2.46. The first kappa shape index (κ1) is 15.6. The van der Waals surface area contributed by atoms with Crippen LogP contribution in [0.25, 0.3) is 0 Å². The summed E-state index contributed by atoms with van der Waals surface area (Å²) in [4.78, 5) is 5.33. The summed E-state index contributed by atoms with van der Waals surface area (Å²) in [5.41, 5.74) is 1.29. The second kappa shape index (κ2) is 6.47. The van der Waals surface area contributed by atoms with Gasteiger partial charge in [-0.3, -0.25) is 4.90 Å². The van der Waals surface area contributed by atoms with Gasteiger partial charge in [0.05, 0.1) is 5.69 Å². The Morgan fingerprint density at radius 3 is 2.76 bits per heavy atom. The number of hydrogen-bond donors (Lipinski definition) is 0. The first-order valence-corrected chi connectivity index (χ1v) is 9.19. The highest BCUT2D eigenvalue weighted by Crippen LogP contribution is 2.36. The van der Waals surface area contributed by atoms with Crippen LogP contribution in [-0.4, -0.2) is 36.6 Å². The minimum atomic E-state index is 0.580. The third-order valence-corrected chi connectivity index (χ3v) is 5.84. The number of fused-ring (bicyclic) bond motifs is 1. The molecule has 0 radical (unpaired) electrons. The Morgan fingerprint density at radius 2 is 2.05 bits per heavy atom. The lowest BCUT2D eigenvalue weighted by Crippen LogP contribution is -2.61. The maximum Gasteiger partial charge on any atom is 0.0515 e. The smallest absolute Gasteiger partial charge is 0.0515 e. The first-order chi connectivity index (χ1) is 10.1. The van der Waals surface area contributed by atoms with Gasteiger partial charge >= 0.3 is 0 Å². The van der Waals surface area contributed by atoms with Gasteiger partial charge in [0.25, 0.3) is 0 Å². The average molecular weight is 372 g/mol. The highest BCUT2D eigenvalue weighted by Gasteiger charge is 2.36. The Kier molecular flexibility index (Phi) is 4.82. The lowest BCUT2D eigenvalue weighted by Gasteiger charge is -2.51. The van der Waals surface area contributed by atoms with Gasteiger partial charge in [-0.05, 0) is 59.4 Å². The molecule has 2 fully saturated rings. The van der Waals surface area contributed by atoms with Gasteiger partial charge in [0.2, 0.25) is 0 Å². The van der Waals surface area contributed by atoms with E-state index in [4.69, 9.17) is 11.6 Å². The van der Waals surface area contributed by atoms with Crippen LogP contribution in [0.4, 0.5) is 5.69 Å². The van der Waals surface area contributed by atoms with Gasteiger partial charge < -0.3 is 4.90 Å². The predicted octanol–water partition coefficient (Wildman–Crippen LogP) is 4.80. The Morgan fingerprint density at radius 1 is 1.24 bits per heavy atom. The molecule has 21 heavy (non-hydrogen) atoms. The molecule has 2 nitrogen and oxygen atoms in total. The van der Waals surface area contributed by atoms with Crippen molar-refractivity contribution < 1.29 is 0 Å². The zero-order chi connectivity index (χ0) is 15.0. The predicted molar refractivity (Wildman–Crippen MR) is 94.3 cm³/mol. The van der Waals surface area contributed by atoms with Gasteiger partial charge in [-0.25, -0.2) is 0 Å². The second-order valence-electron chi connectivity index (χ2n) is 6.70. The maximum atomic E-state index is 6.11. The molecule has 1 aromatic rings. The lowest BCUT2D eigenvalue weighted by atomic mass is 9.91. The lowest BCUT2D eigenvalue weighted by molar-refractivity contribution is 0.100. The molecule has 0 bridgehead atoms. The van der Waals surface area contributed by atoms with Crippen LogP contribution < -0.4 is 4.90 Å². The van der Waals surface area contributed by atoms with Gasteiger partial charge in [0, 0.05) is 34.7 Å². The van der Waals surface area contributed by atoms with E-state index in [9.17, 15) is 0 Å². The maximum absolute atomic E-state index is 6.11. The van der Waals surface area contributed by atoms with Crippen LogP contribution in [0.5, 0.6) is 0 Å². The van der Waals surface area contributed by atoms with Crippen LogP contribution in [0, 0.1) is 5.92 Å². The van der Waals surface area contributed by atoms with E-state index in [1.807, 2.05) is 12.1 Å². The van der Waals surface area contributed by atoms with Crippen molar-refractivity contribution in [1.29, 1.82) is 0 Å². The summed E-state index contributed by atoms with van der Waals surface area (Å²) in [7, 11) is 0. The number of piperazine rings is 1. The standard InChI is InChI=1S/C17H24BrClN2/c1-12(2)17-11-20-8-4-3-5-14(20)10-21(17)16-7-6-13(19)9-15(16)18/h6-7,9,12,14,17H,3-5,8,10-11H2,1-2H3. The third kappa shape index (κ3) is 3.25. The molecule has 0 amide bonds. The molecule has 0 spiro atoms. The molecule has 0 aromatic heterocycles. The van der Waals surface area contributed by atoms with Crippen LogP contribution in [0.3, 0.4) is 0 Å². The van der Waals surface area contributed by atoms with Crippen molar-refractivity contribution in [3.8, 4) is 0 Å². The van der Waals surface area contributed by atoms with Gasteiger partial charge in [-0.1, -0.05) is 31.9 Å². The van der Waals surface area contributed by atoms with Gasteiger partial charge in [0.1, 0.15) is 0 Å². The molecule has 2 aliphatic rings. The zero-order valence-electron chi connectivity index (χ0n) is 12.9. The van der Waals surface area contributed by atoms with Crippen molar-refractivity contribution >= 4 is 33.2 Å². The molecule has 0 saturated carbocycles. The van der Waals surface area contributed by atoms with E-state index in [1.54, 1.807) is 0 Å². The van der Waals surface area contributed by atoms with Crippen LogP contribution in [-0.2, 0) is 0 Å². The van der Waals surface area contributed by atoms with Crippen molar-refractivity contribution in [3.05, 3.63) is 27.7 Å². The van der Waals surface area contributed by atoms with Crippen LogP contribution in [0.15, 0.2) is 22.7 Å². The van der Waals surface area contributed by atoms with Crippen LogP contribution >= 0.6 is 27.5 Å². The Balaban J connectivity index is 1.90. The SMILES string of the molecule is CC(C)C1CN2CCCCC2CN1c1ccc(Cl)cc1Br. The number of halogens is 2. The quantitative estimate of drug-likeness (QED) is 0.736. The number of rotatable bonds is 2. The second-order valence-corrected chi connectivity index (χ2v) is 7.99. The first-order valence-electron chi connectivity index (χ1n) is 8.02. The van der Waals surface area contributed by atoms with Crippen molar-refractivity contribution in [1.82, 2.24) is 4.90 Å². The fourth-order valence-corrected chi connectivity index (χ4v) is 4.68. The summed E-state index contributed by atoms with van der Waals surface area (Å²) in [5, 5.41) is 0.794. The topological polar surface area (TPSA) is 6.48 Å². The van der Waals surface area contributed by atoms with E-state index in [2.05, 4.69) is 45.6 Å². The minimum absolute atomic E-state index is 0.580. The van der Waals surface area contributed by atoms with Gasteiger partial charge in [0.15, 0.2) is 0 Å². The van der Waals surface area contributed by atoms with Gasteiger partial charge in [-0.2, -0.15) is 0 Å². The summed E-state index contributed by atoms with van der Waals surface area (Å²) in [6.45, 7) is 8.29. The summed E-state index contributed by atoms with van der Waals surface area (Å²) < 4.78 is 1.12. The highest BCUT2D eigenvalue weighted by molar-refractivity contribution is 9.10. The number of hydrogen-bond acceptors (Lipinski definition) is 2. The van der Waals surface area contributed by atoms with E-state index in [-0.39, 0.29) is 0 Å². The van der Waals surface area contributed by atoms with Crippen LogP contribution in [0.1, 0.15) is 33.1 Å². The van der Waals surface area contributed by atoms with Crippen molar-refractivity contribution in [2.75, 3.05) is 24.5 Å². The molecule has 3 rings (SSSR count). The normalized spacial score (nSPS) is 27.0. The van der Waals surface area contributed by atoms with Gasteiger partial charge in [-0.15, -0.1) is 0 Å². The Hall–Kier alpha value is -0.250. The minimum Gasteiger partial charge on any atom is -0.365 e. The summed E-state index contributed by atoms with van der Waals surface area (Å²) in [5.74, 6) is 0.649. The van der Waals surface area contributed by atoms with E-state index in [1.165, 1.54) is 38.0 Å². The zero-order valence-corrected chi connectivity index (χ0v) is 15.2. The number of nitrogens with zero attached hydrogens (tertiary/aromatic N) is 2. The molecule has 2 unspecified atom stereocenters. The Bertz CT molecular complexity index is 506. The molecule has 4 heteroatoms. The molecule has 2 atom stereocenters.